The lowest BCUT2D eigenvalue weighted by atomic mass is 10.2. The summed E-state index contributed by atoms with van der Waals surface area (Å²) in [5.74, 6) is -0.0111. The number of hydrogen-bond acceptors (Lipinski definition) is 3. The molecule has 1 saturated heterocycles. The molecule has 3 amide bonds. The minimum absolute atomic E-state index is 0.0111. The van der Waals surface area contributed by atoms with Gasteiger partial charge in [0.2, 0.25) is 5.91 Å². The molecule has 3 N–H and O–H groups in total. The van der Waals surface area contributed by atoms with Gasteiger partial charge in [0.1, 0.15) is 0 Å². The lowest BCUT2D eigenvalue weighted by Gasteiger charge is -2.35. The Balaban J connectivity index is 2.40. The first kappa shape index (κ1) is 13.8. The van der Waals surface area contributed by atoms with E-state index in [1.165, 1.54) is 0 Å². The van der Waals surface area contributed by atoms with Gasteiger partial charge in [-0.05, 0) is 13.3 Å². The van der Waals surface area contributed by atoms with Crippen molar-refractivity contribution in [3.05, 3.63) is 0 Å². The highest BCUT2D eigenvalue weighted by molar-refractivity contribution is 5.82. The molecule has 6 heteroatoms. The summed E-state index contributed by atoms with van der Waals surface area (Å²) in [6, 6.07) is -0.467. The smallest absolute Gasteiger partial charge is 0.317 e. The first-order chi connectivity index (χ1) is 8.10. The number of nitrogens with two attached hydrogens (primary N) is 1. The molecule has 17 heavy (non-hydrogen) atoms. The van der Waals surface area contributed by atoms with Gasteiger partial charge in [-0.2, -0.15) is 0 Å². The van der Waals surface area contributed by atoms with E-state index in [-0.39, 0.29) is 11.9 Å². The Hall–Kier alpha value is -1.30. The second kappa shape index (κ2) is 6.44. The molecule has 0 unspecified atom stereocenters. The zero-order chi connectivity index (χ0) is 12.8. The van der Waals surface area contributed by atoms with E-state index < -0.39 is 6.04 Å². The topological polar surface area (TPSA) is 78.7 Å². The minimum atomic E-state index is -0.411. The van der Waals surface area contributed by atoms with E-state index in [1.54, 1.807) is 9.80 Å². The quantitative estimate of drug-likeness (QED) is 0.706. The summed E-state index contributed by atoms with van der Waals surface area (Å²) in [5.41, 5.74) is 5.71. The van der Waals surface area contributed by atoms with Crippen LogP contribution in [-0.2, 0) is 4.79 Å². The first-order valence-corrected chi connectivity index (χ1v) is 6.17. The van der Waals surface area contributed by atoms with Gasteiger partial charge in [0.05, 0.1) is 6.04 Å². The van der Waals surface area contributed by atoms with Crippen molar-refractivity contribution in [2.45, 2.75) is 26.3 Å². The Kier molecular flexibility index (Phi) is 5.21. The number of piperazine rings is 1. The van der Waals surface area contributed by atoms with E-state index >= 15 is 0 Å². The summed E-state index contributed by atoms with van der Waals surface area (Å²) in [5, 5.41) is 2.75. The van der Waals surface area contributed by atoms with Crippen molar-refractivity contribution in [1.82, 2.24) is 15.1 Å². The Morgan fingerprint density at radius 2 is 1.71 bits per heavy atom. The molecule has 0 aliphatic carbocycles. The van der Waals surface area contributed by atoms with Gasteiger partial charge in [-0.1, -0.05) is 6.92 Å². The fourth-order valence-corrected chi connectivity index (χ4v) is 1.80. The van der Waals surface area contributed by atoms with Gasteiger partial charge < -0.3 is 20.9 Å². The molecule has 0 aromatic carbocycles. The molecular weight excluding hydrogens is 220 g/mol. The van der Waals surface area contributed by atoms with Crippen molar-refractivity contribution < 1.29 is 9.59 Å². The lowest BCUT2D eigenvalue weighted by molar-refractivity contribution is -0.134. The van der Waals surface area contributed by atoms with E-state index in [1.807, 2.05) is 13.8 Å². The average molecular weight is 242 g/mol. The van der Waals surface area contributed by atoms with Crippen LogP contribution in [0.2, 0.25) is 0 Å². The lowest BCUT2D eigenvalue weighted by Crippen LogP contribution is -2.55. The number of hydrogen-bond donors (Lipinski definition) is 2. The molecule has 1 aliphatic rings. The van der Waals surface area contributed by atoms with Crippen LogP contribution in [0.1, 0.15) is 20.3 Å². The third kappa shape index (κ3) is 3.59. The van der Waals surface area contributed by atoms with Crippen molar-refractivity contribution in [3.63, 3.8) is 0 Å². The van der Waals surface area contributed by atoms with Crippen molar-refractivity contribution in [1.29, 1.82) is 0 Å². The highest BCUT2D eigenvalue weighted by Gasteiger charge is 2.25. The van der Waals surface area contributed by atoms with Crippen LogP contribution in [-0.4, -0.2) is 60.5 Å². The van der Waals surface area contributed by atoms with Gasteiger partial charge in [0.15, 0.2) is 0 Å². The second-order valence-electron chi connectivity index (χ2n) is 4.16. The molecule has 1 rings (SSSR count). The Morgan fingerprint density at radius 1 is 1.18 bits per heavy atom. The van der Waals surface area contributed by atoms with Crippen molar-refractivity contribution >= 4 is 11.9 Å². The Morgan fingerprint density at radius 3 is 2.18 bits per heavy atom. The van der Waals surface area contributed by atoms with Crippen LogP contribution >= 0.6 is 0 Å². The highest BCUT2D eigenvalue weighted by atomic mass is 16.2. The second-order valence-corrected chi connectivity index (χ2v) is 4.16. The SMILES string of the molecule is CCNC(=O)N1CCN(C(=O)[C@H](N)CC)CC1. The maximum atomic E-state index is 11.8. The van der Waals surface area contributed by atoms with Crippen molar-refractivity contribution in [3.8, 4) is 0 Å². The Bertz CT molecular complexity index is 275. The van der Waals surface area contributed by atoms with Gasteiger partial charge in [-0.25, -0.2) is 4.79 Å². The number of carbonyl (C=O) groups is 2. The first-order valence-electron chi connectivity index (χ1n) is 6.17. The molecule has 0 radical (unpaired) electrons. The van der Waals surface area contributed by atoms with Crippen LogP contribution in [0.3, 0.4) is 0 Å². The zero-order valence-corrected chi connectivity index (χ0v) is 10.6. The summed E-state index contributed by atoms with van der Waals surface area (Å²) < 4.78 is 0. The summed E-state index contributed by atoms with van der Waals surface area (Å²) in [7, 11) is 0. The molecule has 1 fully saturated rings. The third-order valence-electron chi connectivity index (χ3n) is 2.96. The number of nitrogens with zero attached hydrogens (tertiary/aromatic N) is 2. The predicted molar refractivity (Wildman–Crippen MR) is 65.5 cm³/mol. The van der Waals surface area contributed by atoms with Crippen LogP contribution < -0.4 is 11.1 Å². The molecule has 6 nitrogen and oxygen atoms in total. The Labute approximate surface area is 102 Å². The van der Waals surface area contributed by atoms with E-state index in [0.717, 1.165) is 0 Å². The standard InChI is InChI=1S/C11H22N4O2/c1-3-9(12)10(16)14-5-7-15(8-6-14)11(17)13-4-2/h9H,3-8,12H2,1-2H3,(H,13,17)/t9-/m1/s1. The summed E-state index contributed by atoms with van der Waals surface area (Å²) in [4.78, 5) is 26.8. The van der Waals surface area contributed by atoms with Gasteiger partial charge >= 0.3 is 6.03 Å². The summed E-state index contributed by atoms with van der Waals surface area (Å²) in [6.45, 7) is 6.71. The van der Waals surface area contributed by atoms with Crippen LogP contribution in [0.5, 0.6) is 0 Å². The van der Waals surface area contributed by atoms with Crippen LogP contribution in [0, 0.1) is 0 Å². The predicted octanol–water partition coefficient (Wildman–Crippen LogP) is -0.403. The number of amides is 3. The fourth-order valence-electron chi connectivity index (χ4n) is 1.80. The van der Waals surface area contributed by atoms with Crippen molar-refractivity contribution in [2.75, 3.05) is 32.7 Å². The fraction of sp³-hybridized carbons (Fsp3) is 0.818. The van der Waals surface area contributed by atoms with E-state index in [2.05, 4.69) is 5.32 Å². The maximum absolute atomic E-state index is 11.8. The number of urea groups is 1. The number of carbonyl (C=O) groups excluding carboxylic acids is 2. The van der Waals surface area contributed by atoms with E-state index in [4.69, 9.17) is 5.73 Å². The van der Waals surface area contributed by atoms with Gasteiger partial charge in [0, 0.05) is 32.7 Å². The molecule has 0 aromatic rings. The molecule has 1 atom stereocenters. The molecule has 1 heterocycles. The summed E-state index contributed by atoms with van der Waals surface area (Å²) in [6.07, 6.45) is 0.648. The van der Waals surface area contributed by atoms with E-state index in [9.17, 15) is 9.59 Å². The van der Waals surface area contributed by atoms with Gasteiger partial charge in [-0.15, -0.1) is 0 Å². The van der Waals surface area contributed by atoms with Gasteiger partial charge in [-0.3, -0.25) is 4.79 Å². The van der Waals surface area contributed by atoms with Crippen molar-refractivity contribution in [2.24, 2.45) is 5.73 Å². The summed E-state index contributed by atoms with van der Waals surface area (Å²) >= 11 is 0. The average Bonchev–Trinajstić information content (AvgIpc) is 2.37. The highest BCUT2D eigenvalue weighted by Crippen LogP contribution is 2.04. The molecular formula is C11H22N4O2. The van der Waals surface area contributed by atoms with Crippen LogP contribution in [0.15, 0.2) is 0 Å². The maximum Gasteiger partial charge on any atom is 0.317 e. The molecule has 0 saturated carbocycles. The largest absolute Gasteiger partial charge is 0.338 e. The van der Waals surface area contributed by atoms with E-state index in [0.29, 0.717) is 39.1 Å². The number of rotatable bonds is 3. The molecule has 98 valence electrons. The number of nitrogens with one attached hydrogen (secondary N) is 1. The molecule has 1 aliphatic heterocycles. The van der Waals surface area contributed by atoms with Crippen LogP contribution in [0.25, 0.3) is 0 Å². The van der Waals surface area contributed by atoms with Gasteiger partial charge in [0.25, 0.3) is 0 Å². The van der Waals surface area contributed by atoms with Crippen LogP contribution in [0.4, 0.5) is 4.79 Å². The normalized spacial score (nSPS) is 17.8. The monoisotopic (exact) mass is 242 g/mol. The third-order valence-corrected chi connectivity index (χ3v) is 2.96. The molecule has 0 aromatic heterocycles. The zero-order valence-electron chi connectivity index (χ0n) is 10.6. The molecule has 0 spiro atoms. The molecule has 0 bridgehead atoms. The minimum Gasteiger partial charge on any atom is -0.338 e.